The van der Waals surface area contributed by atoms with Crippen LogP contribution < -0.4 is 10.6 Å². The fraction of sp³-hybridized carbons (Fsp3) is 0.133. The van der Waals surface area contributed by atoms with Crippen molar-refractivity contribution in [3.63, 3.8) is 0 Å². The molecule has 0 bridgehead atoms. The monoisotopic (exact) mass is 380 g/mol. The van der Waals surface area contributed by atoms with E-state index in [0.29, 0.717) is 15.6 Å². The number of benzene rings is 1. The molecule has 1 atom stereocenters. The number of rotatable bonds is 3. The van der Waals surface area contributed by atoms with E-state index in [1.807, 2.05) is 6.07 Å². The van der Waals surface area contributed by atoms with Crippen LogP contribution in [0.5, 0.6) is 0 Å². The number of urea groups is 1. The van der Waals surface area contributed by atoms with Gasteiger partial charge in [-0.1, -0.05) is 6.07 Å². The lowest BCUT2D eigenvalue weighted by molar-refractivity contribution is 0.249. The van der Waals surface area contributed by atoms with Crippen LogP contribution in [-0.4, -0.2) is 11.0 Å². The standard InChI is InChI=1S/C15H11BrF2N4O/c1-8(9-2-3-12(17)13(18)4-9)21-15(23)22-14-5-10(6-19)11(16)7-20-14/h2-5,7-8H,1H3,(H2,20,21,22,23)/t8-/m1/s1. The largest absolute Gasteiger partial charge is 0.331 e. The number of hydrogen-bond acceptors (Lipinski definition) is 3. The first-order chi connectivity index (χ1) is 10.9. The Morgan fingerprint density at radius 3 is 2.74 bits per heavy atom. The summed E-state index contributed by atoms with van der Waals surface area (Å²) >= 11 is 3.16. The van der Waals surface area contributed by atoms with Gasteiger partial charge in [-0.15, -0.1) is 0 Å². The molecular formula is C15H11BrF2N4O. The van der Waals surface area contributed by atoms with E-state index in [9.17, 15) is 13.6 Å². The summed E-state index contributed by atoms with van der Waals surface area (Å²) in [6, 6.07) is 5.63. The van der Waals surface area contributed by atoms with Gasteiger partial charge in [0.15, 0.2) is 11.6 Å². The van der Waals surface area contributed by atoms with Gasteiger partial charge in [0.25, 0.3) is 0 Å². The maximum absolute atomic E-state index is 13.2. The summed E-state index contributed by atoms with van der Waals surface area (Å²) in [5, 5.41) is 14.0. The Kier molecular flexibility index (Phi) is 5.24. The predicted octanol–water partition coefficient (Wildman–Crippen LogP) is 3.88. The molecular weight excluding hydrogens is 370 g/mol. The molecule has 0 radical (unpaired) electrons. The van der Waals surface area contributed by atoms with Crippen LogP contribution in [-0.2, 0) is 0 Å². The van der Waals surface area contributed by atoms with Gasteiger partial charge in [0.1, 0.15) is 11.9 Å². The van der Waals surface area contributed by atoms with Gasteiger partial charge in [-0.2, -0.15) is 5.26 Å². The minimum atomic E-state index is -0.982. The van der Waals surface area contributed by atoms with Crippen molar-refractivity contribution in [3.05, 3.63) is 57.7 Å². The molecule has 5 nitrogen and oxygen atoms in total. The molecule has 0 unspecified atom stereocenters. The molecule has 2 N–H and O–H groups in total. The minimum Gasteiger partial charge on any atom is -0.331 e. The highest BCUT2D eigenvalue weighted by Gasteiger charge is 2.13. The van der Waals surface area contributed by atoms with Crippen molar-refractivity contribution in [3.8, 4) is 6.07 Å². The van der Waals surface area contributed by atoms with E-state index < -0.39 is 23.7 Å². The van der Waals surface area contributed by atoms with Crippen LogP contribution in [0.1, 0.15) is 24.1 Å². The number of halogens is 3. The molecule has 1 aromatic heterocycles. The predicted molar refractivity (Wildman–Crippen MR) is 83.6 cm³/mol. The van der Waals surface area contributed by atoms with Crippen molar-refractivity contribution in [1.29, 1.82) is 5.26 Å². The lowest BCUT2D eigenvalue weighted by atomic mass is 10.1. The molecule has 2 aromatic rings. The van der Waals surface area contributed by atoms with Crippen molar-refractivity contribution >= 4 is 27.8 Å². The molecule has 0 saturated carbocycles. The Labute approximate surface area is 139 Å². The van der Waals surface area contributed by atoms with Gasteiger partial charge < -0.3 is 5.32 Å². The number of aromatic nitrogens is 1. The molecule has 8 heteroatoms. The summed E-state index contributed by atoms with van der Waals surface area (Å²) in [6.45, 7) is 1.63. The lowest BCUT2D eigenvalue weighted by Gasteiger charge is -2.15. The second-order valence-electron chi connectivity index (χ2n) is 4.65. The molecule has 0 aliphatic rings. The molecule has 1 heterocycles. The van der Waals surface area contributed by atoms with Crippen molar-refractivity contribution in [1.82, 2.24) is 10.3 Å². The molecule has 0 aliphatic heterocycles. The first-order valence-electron chi connectivity index (χ1n) is 6.49. The Bertz CT molecular complexity index is 792. The van der Waals surface area contributed by atoms with Gasteiger partial charge in [-0.3, -0.25) is 5.32 Å². The van der Waals surface area contributed by atoms with E-state index in [1.54, 1.807) is 6.92 Å². The fourth-order valence-corrected chi connectivity index (χ4v) is 2.11. The van der Waals surface area contributed by atoms with E-state index in [-0.39, 0.29) is 5.82 Å². The maximum atomic E-state index is 13.2. The van der Waals surface area contributed by atoms with Crippen molar-refractivity contribution in [2.75, 3.05) is 5.32 Å². The Morgan fingerprint density at radius 1 is 1.35 bits per heavy atom. The molecule has 0 saturated heterocycles. The number of carbonyl (C=O) groups is 1. The normalized spacial score (nSPS) is 11.4. The third-order valence-corrected chi connectivity index (χ3v) is 3.64. The Balaban J connectivity index is 2.04. The molecule has 2 amide bonds. The molecule has 2 rings (SSSR count). The minimum absolute atomic E-state index is 0.194. The van der Waals surface area contributed by atoms with Crippen molar-refractivity contribution in [2.45, 2.75) is 13.0 Å². The van der Waals surface area contributed by atoms with Crippen LogP contribution in [0.15, 0.2) is 34.9 Å². The van der Waals surface area contributed by atoms with E-state index >= 15 is 0 Å². The topological polar surface area (TPSA) is 77.8 Å². The van der Waals surface area contributed by atoms with Gasteiger partial charge in [-0.25, -0.2) is 18.6 Å². The van der Waals surface area contributed by atoms with Gasteiger partial charge >= 0.3 is 6.03 Å². The molecule has 0 aliphatic carbocycles. The van der Waals surface area contributed by atoms with Gasteiger partial charge in [0.2, 0.25) is 0 Å². The SMILES string of the molecule is C[C@@H](NC(=O)Nc1cc(C#N)c(Br)cn1)c1ccc(F)c(F)c1. The second-order valence-corrected chi connectivity index (χ2v) is 5.51. The first-order valence-corrected chi connectivity index (χ1v) is 7.28. The van der Waals surface area contributed by atoms with Gasteiger partial charge in [0, 0.05) is 6.20 Å². The number of nitriles is 1. The number of hydrogen-bond donors (Lipinski definition) is 2. The quantitative estimate of drug-likeness (QED) is 0.847. The second kappa shape index (κ2) is 7.15. The van der Waals surface area contributed by atoms with E-state index in [2.05, 4.69) is 31.5 Å². The number of nitrogens with one attached hydrogen (secondary N) is 2. The van der Waals surface area contributed by atoms with Crippen molar-refractivity contribution < 1.29 is 13.6 Å². The lowest BCUT2D eigenvalue weighted by Crippen LogP contribution is -2.31. The highest BCUT2D eigenvalue weighted by Crippen LogP contribution is 2.18. The molecule has 0 spiro atoms. The average molecular weight is 381 g/mol. The molecule has 1 aromatic carbocycles. The number of carbonyl (C=O) groups excluding carboxylic acids is 1. The third-order valence-electron chi connectivity index (χ3n) is 3.01. The zero-order valence-electron chi connectivity index (χ0n) is 11.9. The zero-order chi connectivity index (χ0) is 17.0. The summed E-state index contributed by atoms with van der Waals surface area (Å²) in [7, 11) is 0. The number of nitrogens with zero attached hydrogens (tertiary/aromatic N) is 2. The molecule has 23 heavy (non-hydrogen) atoms. The fourth-order valence-electron chi connectivity index (χ4n) is 1.81. The van der Waals surface area contributed by atoms with E-state index in [0.717, 1.165) is 12.1 Å². The van der Waals surface area contributed by atoms with Crippen LogP contribution in [0.2, 0.25) is 0 Å². The van der Waals surface area contributed by atoms with Crippen LogP contribution in [0.25, 0.3) is 0 Å². The first kappa shape index (κ1) is 16.8. The smallest absolute Gasteiger partial charge is 0.320 e. The molecule has 118 valence electrons. The molecule has 0 fully saturated rings. The summed E-state index contributed by atoms with van der Waals surface area (Å²) < 4.78 is 26.6. The average Bonchev–Trinajstić information content (AvgIpc) is 2.51. The maximum Gasteiger partial charge on any atom is 0.320 e. The van der Waals surface area contributed by atoms with Gasteiger partial charge in [-0.05, 0) is 46.6 Å². The van der Waals surface area contributed by atoms with Crippen LogP contribution in [0.4, 0.5) is 19.4 Å². The Hall–Kier alpha value is -2.53. The van der Waals surface area contributed by atoms with Crippen LogP contribution in [0.3, 0.4) is 0 Å². The van der Waals surface area contributed by atoms with Crippen LogP contribution in [0, 0.1) is 23.0 Å². The highest BCUT2D eigenvalue weighted by molar-refractivity contribution is 9.10. The van der Waals surface area contributed by atoms with Crippen LogP contribution >= 0.6 is 15.9 Å². The Morgan fingerprint density at radius 2 is 2.09 bits per heavy atom. The van der Waals surface area contributed by atoms with Gasteiger partial charge in [0.05, 0.1) is 16.1 Å². The summed E-state index contributed by atoms with van der Waals surface area (Å²) in [5.74, 6) is -1.74. The van der Waals surface area contributed by atoms with Crippen molar-refractivity contribution in [2.24, 2.45) is 0 Å². The van der Waals surface area contributed by atoms with E-state index in [4.69, 9.17) is 5.26 Å². The third kappa shape index (κ3) is 4.23. The number of anilines is 1. The summed E-state index contributed by atoms with van der Waals surface area (Å²) in [6.07, 6.45) is 1.40. The summed E-state index contributed by atoms with van der Waals surface area (Å²) in [5.41, 5.74) is 0.740. The number of pyridine rings is 1. The zero-order valence-corrected chi connectivity index (χ0v) is 13.5. The van der Waals surface area contributed by atoms with E-state index in [1.165, 1.54) is 18.3 Å². The summed E-state index contributed by atoms with van der Waals surface area (Å²) in [4.78, 5) is 15.9. The number of amides is 2. The highest BCUT2D eigenvalue weighted by atomic mass is 79.9.